The highest BCUT2D eigenvalue weighted by atomic mass is 35.5. The number of hydrogen-bond acceptors (Lipinski definition) is 3. The van der Waals surface area contributed by atoms with Crippen LogP contribution >= 0.6 is 11.6 Å². The number of amides is 2. The summed E-state index contributed by atoms with van der Waals surface area (Å²) in [6.07, 6.45) is 0.888. The SMILES string of the molecule is CCCNC(=O)CNC(=O)C[NH+]1CCN(c2ccccc2Cl)CC1. The van der Waals surface area contributed by atoms with E-state index in [1.54, 1.807) is 0 Å². The van der Waals surface area contributed by atoms with Gasteiger partial charge in [-0.1, -0.05) is 30.7 Å². The second-order valence-corrected chi connectivity index (χ2v) is 6.40. The second kappa shape index (κ2) is 9.49. The zero-order valence-corrected chi connectivity index (χ0v) is 14.9. The van der Waals surface area contributed by atoms with Gasteiger partial charge in [-0.05, 0) is 18.6 Å². The fourth-order valence-corrected chi connectivity index (χ4v) is 3.00. The van der Waals surface area contributed by atoms with Gasteiger partial charge in [0.05, 0.1) is 43.4 Å². The normalized spacial score (nSPS) is 15.2. The van der Waals surface area contributed by atoms with E-state index in [4.69, 9.17) is 11.6 Å². The molecule has 1 aliphatic heterocycles. The summed E-state index contributed by atoms with van der Waals surface area (Å²) in [5.41, 5.74) is 1.05. The Balaban J connectivity index is 1.70. The van der Waals surface area contributed by atoms with Crippen molar-refractivity contribution in [1.29, 1.82) is 0 Å². The van der Waals surface area contributed by atoms with E-state index in [2.05, 4.69) is 15.5 Å². The summed E-state index contributed by atoms with van der Waals surface area (Å²) in [6.45, 7) is 6.57. The lowest BCUT2D eigenvalue weighted by molar-refractivity contribution is -0.892. The van der Waals surface area contributed by atoms with Crippen LogP contribution in [0.5, 0.6) is 0 Å². The fraction of sp³-hybridized carbons (Fsp3) is 0.529. The number of halogens is 1. The fourth-order valence-electron chi connectivity index (χ4n) is 2.74. The lowest BCUT2D eigenvalue weighted by Crippen LogP contribution is -3.16. The van der Waals surface area contributed by atoms with Crippen molar-refractivity contribution in [3.8, 4) is 0 Å². The van der Waals surface area contributed by atoms with E-state index in [9.17, 15) is 9.59 Å². The molecule has 0 unspecified atom stereocenters. The first-order valence-electron chi connectivity index (χ1n) is 8.46. The van der Waals surface area contributed by atoms with Crippen LogP contribution in [0.3, 0.4) is 0 Å². The first-order valence-corrected chi connectivity index (χ1v) is 8.84. The van der Waals surface area contributed by atoms with Crippen LogP contribution in [0.2, 0.25) is 5.02 Å². The van der Waals surface area contributed by atoms with Gasteiger partial charge in [0.1, 0.15) is 0 Å². The maximum atomic E-state index is 11.9. The maximum Gasteiger partial charge on any atom is 0.275 e. The molecule has 1 fully saturated rings. The highest BCUT2D eigenvalue weighted by Gasteiger charge is 2.23. The first kappa shape index (κ1) is 18.5. The van der Waals surface area contributed by atoms with Gasteiger partial charge in [0.25, 0.3) is 5.91 Å². The number of nitrogens with one attached hydrogen (secondary N) is 3. The Morgan fingerprint density at radius 1 is 1.17 bits per heavy atom. The van der Waals surface area contributed by atoms with Gasteiger partial charge in [0.2, 0.25) is 5.91 Å². The molecule has 2 rings (SSSR count). The molecule has 132 valence electrons. The predicted molar refractivity (Wildman–Crippen MR) is 95.5 cm³/mol. The van der Waals surface area contributed by atoms with Crippen molar-refractivity contribution in [3.05, 3.63) is 29.3 Å². The van der Waals surface area contributed by atoms with Crippen molar-refractivity contribution in [2.24, 2.45) is 0 Å². The van der Waals surface area contributed by atoms with Gasteiger partial charge in [0, 0.05) is 6.54 Å². The Kier molecular flexibility index (Phi) is 7.34. The van der Waals surface area contributed by atoms with Crippen molar-refractivity contribution in [1.82, 2.24) is 10.6 Å². The number of anilines is 1. The summed E-state index contributed by atoms with van der Waals surface area (Å²) in [5, 5.41) is 6.19. The molecular formula is C17H26ClN4O2+. The third kappa shape index (κ3) is 5.69. The van der Waals surface area contributed by atoms with Crippen LogP contribution in [0.1, 0.15) is 13.3 Å². The van der Waals surface area contributed by atoms with Crippen LogP contribution in [-0.4, -0.2) is 57.6 Å². The zero-order valence-electron chi connectivity index (χ0n) is 14.1. The van der Waals surface area contributed by atoms with E-state index in [1.807, 2.05) is 31.2 Å². The highest BCUT2D eigenvalue weighted by molar-refractivity contribution is 6.33. The molecule has 1 heterocycles. The monoisotopic (exact) mass is 353 g/mol. The van der Waals surface area contributed by atoms with E-state index in [0.717, 1.165) is 43.3 Å². The topological polar surface area (TPSA) is 65.9 Å². The molecule has 3 N–H and O–H groups in total. The van der Waals surface area contributed by atoms with Crippen LogP contribution in [0.15, 0.2) is 24.3 Å². The third-order valence-electron chi connectivity index (χ3n) is 4.09. The minimum atomic E-state index is -0.135. The molecule has 2 amide bonds. The van der Waals surface area contributed by atoms with Crippen molar-refractivity contribution >= 4 is 29.1 Å². The van der Waals surface area contributed by atoms with Crippen molar-refractivity contribution in [3.63, 3.8) is 0 Å². The summed E-state index contributed by atoms with van der Waals surface area (Å²) < 4.78 is 0. The molecular weight excluding hydrogens is 328 g/mol. The van der Waals surface area contributed by atoms with Gasteiger partial charge in [-0.25, -0.2) is 0 Å². The van der Waals surface area contributed by atoms with Crippen LogP contribution in [0.4, 0.5) is 5.69 Å². The molecule has 0 spiro atoms. The summed E-state index contributed by atoms with van der Waals surface area (Å²) in [7, 11) is 0. The third-order valence-corrected chi connectivity index (χ3v) is 4.41. The van der Waals surface area contributed by atoms with Crippen LogP contribution in [0.25, 0.3) is 0 Å². The van der Waals surface area contributed by atoms with E-state index < -0.39 is 0 Å². The second-order valence-electron chi connectivity index (χ2n) is 5.99. The van der Waals surface area contributed by atoms with E-state index in [0.29, 0.717) is 13.1 Å². The number of piperazine rings is 1. The van der Waals surface area contributed by atoms with Crippen LogP contribution in [0, 0.1) is 0 Å². The molecule has 24 heavy (non-hydrogen) atoms. The lowest BCUT2D eigenvalue weighted by Gasteiger charge is -2.33. The lowest BCUT2D eigenvalue weighted by atomic mass is 10.2. The molecule has 0 atom stereocenters. The molecule has 0 bridgehead atoms. The molecule has 0 saturated carbocycles. The number of quaternary nitrogens is 1. The van der Waals surface area contributed by atoms with Gasteiger partial charge < -0.3 is 20.4 Å². The average molecular weight is 354 g/mol. The minimum absolute atomic E-state index is 0.0534. The number of benzene rings is 1. The number of para-hydroxylation sites is 1. The Morgan fingerprint density at radius 3 is 2.54 bits per heavy atom. The standard InChI is InChI=1S/C17H25ClN4O2/c1-2-7-19-16(23)12-20-17(24)13-21-8-10-22(11-9-21)15-6-4-3-5-14(15)18/h3-6H,2,7-13H2,1H3,(H,19,23)(H,20,24)/p+1. The van der Waals surface area contributed by atoms with Crippen LogP contribution < -0.4 is 20.4 Å². The smallest absolute Gasteiger partial charge is 0.275 e. The quantitative estimate of drug-likeness (QED) is 0.630. The largest absolute Gasteiger partial charge is 0.359 e. The Morgan fingerprint density at radius 2 is 1.88 bits per heavy atom. The number of carbonyl (C=O) groups is 2. The average Bonchev–Trinajstić information content (AvgIpc) is 2.59. The molecule has 1 saturated heterocycles. The van der Waals surface area contributed by atoms with Gasteiger partial charge in [-0.3, -0.25) is 9.59 Å². The van der Waals surface area contributed by atoms with Gasteiger partial charge in [0.15, 0.2) is 6.54 Å². The molecule has 1 aromatic rings. The molecule has 1 aromatic carbocycles. The van der Waals surface area contributed by atoms with E-state index in [1.165, 1.54) is 4.90 Å². The minimum Gasteiger partial charge on any atom is -0.359 e. The molecule has 0 radical (unpaired) electrons. The van der Waals surface area contributed by atoms with Crippen molar-refractivity contribution in [2.75, 3.05) is 50.7 Å². The predicted octanol–water partition coefficient (Wildman–Crippen LogP) is -0.313. The highest BCUT2D eigenvalue weighted by Crippen LogP contribution is 2.24. The number of hydrogen-bond donors (Lipinski definition) is 3. The molecule has 1 aliphatic rings. The van der Waals surface area contributed by atoms with Crippen molar-refractivity contribution in [2.45, 2.75) is 13.3 Å². The number of rotatable bonds is 7. The molecule has 0 aliphatic carbocycles. The molecule has 0 aromatic heterocycles. The molecule has 7 heteroatoms. The summed E-state index contributed by atoms with van der Waals surface area (Å²) in [5.74, 6) is -0.216. The summed E-state index contributed by atoms with van der Waals surface area (Å²) in [4.78, 5) is 26.9. The summed E-state index contributed by atoms with van der Waals surface area (Å²) >= 11 is 6.23. The number of carbonyl (C=O) groups excluding carboxylic acids is 2. The van der Waals surface area contributed by atoms with Gasteiger partial charge >= 0.3 is 0 Å². The molecule has 6 nitrogen and oxygen atoms in total. The van der Waals surface area contributed by atoms with Gasteiger partial charge in [-0.2, -0.15) is 0 Å². The Labute approximate surface area is 148 Å². The first-order chi connectivity index (χ1) is 11.6. The number of nitrogens with zero attached hydrogens (tertiary/aromatic N) is 1. The van der Waals surface area contributed by atoms with E-state index >= 15 is 0 Å². The van der Waals surface area contributed by atoms with Crippen LogP contribution in [-0.2, 0) is 9.59 Å². The Hall–Kier alpha value is -1.79. The summed E-state index contributed by atoms with van der Waals surface area (Å²) in [6, 6.07) is 7.83. The van der Waals surface area contributed by atoms with E-state index in [-0.39, 0.29) is 18.4 Å². The Bertz CT molecular complexity index is 559. The maximum absolute atomic E-state index is 11.9. The zero-order chi connectivity index (χ0) is 17.4. The van der Waals surface area contributed by atoms with Gasteiger partial charge in [-0.15, -0.1) is 0 Å². The van der Waals surface area contributed by atoms with Crippen molar-refractivity contribution < 1.29 is 14.5 Å².